The SMILES string of the molecule is CC(=O)c1cc(C(N)=O)c(C(C)=O)nc1C(C)=O. The van der Waals surface area contributed by atoms with E-state index < -0.39 is 23.3 Å². The second kappa shape index (κ2) is 4.87. The lowest BCUT2D eigenvalue weighted by molar-refractivity contribution is 0.0959. The average molecular weight is 248 g/mol. The average Bonchev–Trinajstić information content (AvgIpc) is 2.26. The molecule has 6 nitrogen and oxygen atoms in total. The van der Waals surface area contributed by atoms with Gasteiger partial charge in [0.25, 0.3) is 5.91 Å². The molecule has 0 aliphatic carbocycles. The molecule has 1 rings (SSSR count). The largest absolute Gasteiger partial charge is 0.366 e. The number of carbonyl (C=O) groups excluding carboxylic acids is 4. The van der Waals surface area contributed by atoms with E-state index in [4.69, 9.17) is 5.73 Å². The Morgan fingerprint density at radius 1 is 0.889 bits per heavy atom. The molecule has 94 valence electrons. The molecule has 1 aromatic rings. The number of aromatic nitrogens is 1. The summed E-state index contributed by atoms with van der Waals surface area (Å²) in [5.74, 6) is -2.25. The number of pyridine rings is 1. The molecular weight excluding hydrogens is 236 g/mol. The van der Waals surface area contributed by atoms with Crippen molar-refractivity contribution in [2.45, 2.75) is 20.8 Å². The fourth-order valence-corrected chi connectivity index (χ4v) is 1.51. The van der Waals surface area contributed by atoms with E-state index in [1.807, 2.05) is 0 Å². The van der Waals surface area contributed by atoms with Gasteiger partial charge in [-0.15, -0.1) is 0 Å². The van der Waals surface area contributed by atoms with Crippen LogP contribution < -0.4 is 5.73 Å². The predicted molar refractivity (Wildman–Crippen MR) is 62.8 cm³/mol. The minimum atomic E-state index is -0.870. The van der Waals surface area contributed by atoms with Crippen LogP contribution in [0.4, 0.5) is 0 Å². The smallest absolute Gasteiger partial charge is 0.251 e. The van der Waals surface area contributed by atoms with Crippen LogP contribution in [0.5, 0.6) is 0 Å². The second-order valence-electron chi connectivity index (χ2n) is 3.81. The number of carbonyl (C=O) groups is 4. The number of nitrogens with zero attached hydrogens (tertiary/aromatic N) is 1. The lowest BCUT2D eigenvalue weighted by atomic mass is 10.0. The van der Waals surface area contributed by atoms with Gasteiger partial charge < -0.3 is 5.73 Å². The van der Waals surface area contributed by atoms with Crippen LogP contribution in [0.15, 0.2) is 6.07 Å². The molecule has 0 bridgehead atoms. The Balaban J connectivity index is 3.71. The fourth-order valence-electron chi connectivity index (χ4n) is 1.51. The van der Waals surface area contributed by atoms with E-state index in [0.717, 1.165) is 6.07 Å². The number of ketones is 3. The van der Waals surface area contributed by atoms with E-state index in [-0.39, 0.29) is 22.5 Å². The van der Waals surface area contributed by atoms with E-state index in [1.165, 1.54) is 20.8 Å². The van der Waals surface area contributed by atoms with Gasteiger partial charge in [-0.1, -0.05) is 0 Å². The lowest BCUT2D eigenvalue weighted by Gasteiger charge is -2.08. The van der Waals surface area contributed by atoms with Gasteiger partial charge in [0.1, 0.15) is 11.4 Å². The van der Waals surface area contributed by atoms with E-state index in [1.54, 1.807) is 0 Å². The molecule has 0 aliphatic heterocycles. The molecule has 0 aliphatic rings. The van der Waals surface area contributed by atoms with E-state index in [0.29, 0.717) is 0 Å². The van der Waals surface area contributed by atoms with Crippen LogP contribution in [-0.4, -0.2) is 28.2 Å². The first-order chi connectivity index (χ1) is 8.25. The van der Waals surface area contributed by atoms with Crippen LogP contribution in [0.3, 0.4) is 0 Å². The summed E-state index contributed by atoms with van der Waals surface area (Å²) in [6.45, 7) is 3.66. The third-order valence-electron chi connectivity index (χ3n) is 2.33. The molecule has 18 heavy (non-hydrogen) atoms. The van der Waals surface area contributed by atoms with Gasteiger partial charge in [0, 0.05) is 19.4 Å². The standard InChI is InChI=1S/C12H12N2O4/c1-5(15)8-4-9(12(13)18)11(7(3)17)14-10(8)6(2)16/h4H,1-3H3,(H2,13,18). The summed E-state index contributed by atoms with van der Waals surface area (Å²) in [7, 11) is 0. The van der Waals surface area contributed by atoms with Gasteiger partial charge in [0.2, 0.25) is 0 Å². The molecule has 0 saturated carbocycles. The van der Waals surface area contributed by atoms with E-state index in [9.17, 15) is 19.2 Å². The number of amides is 1. The molecule has 0 spiro atoms. The zero-order chi connectivity index (χ0) is 14.0. The molecule has 1 amide bonds. The normalized spacial score (nSPS) is 9.94. The molecule has 0 unspecified atom stereocenters. The number of primary amides is 1. The van der Waals surface area contributed by atoms with Crippen molar-refractivity contribution < 1.29 is 19.2 Å². The minimum absolute atomic E-state index is 0.0127. The Bertz CT molecular complexity index is 477. The molecule has 1 heterocycles. The number of hydrogen-bond donors (Lipinski definition) is 1. The summed E-state index contributed by atoms with van der Waals surface area (Å²) in [6, 6.07) is 1.14. The van der Waals surface area contributed by atoms with E-state index >= 15 is 0 Å². The Labute approximate surface area is 103 Å². The molecule has 0 atom stereocenters. The van der Waals surface area contributed by atoms with Crippen LogP contribution in [0.25, 0.3) is 0 Å². The van der Waals surface area contributed by atoms with Crippen molar-refractivity contribution >= 4 is 23.3 Å². The van der Waals surface area contributed by atoms with Gasteiger partial charge in [-0.3, -0.25) is 19.2 Å². The Kier molecular flexibility index (Phi) is 3.70. The van der Waals surface area contributed by atoms with Gasteiger partial charge in [0.15, 0.2) is 17.3 Å². The molecule has 2 N–H and O–H groups in total. The van der Waals surface area contributed by atoms with Gasteiger partial charge >= 0.3 is 0 Å². The monoisotopic (exact) mass is 248 g/mol. The fraction of sp³-hybridized carbons (Fsp3) is 0.250. The highest BCUT2D eigenvalue weighted by Crippen LogP contribution is 2.15. The first-order valence-electron chi connectivity index (χ1n) is 5.13. The first kappa shape index (κ1) is 13.7. The van der Waals surface area contributed by atoms with Crippen molar-refractivity contribution in [3.05, 3.63) is 28.6 Å². The maximum absolute atomic E-state index is 11.4. The first-order valence-corrected chi connectivity index (χ1v) is 5.13. The molecule has 0 aromatic carbocycles. The predicted octanol–water partition coefficient (Wildman–Crippen LogP) is 0.788. The lowest BCUT2D eigenvalue weighted by Crippen LogP contribution is -2.20. The quantitative estimate of drug-likeness (QED) is 0.792. The number of Topliss-reactive ketones (excluding diaryl/α,β-unsaturated/α-hetero) is 3. The summed E-state index contributed by atoms with van der Waals surface area (Å²) in [6.07, 6.45) is 0. The third kappa shape index (κ3) is 2.48. The molecule has 6 heteroatoms. The maximum atomic E-state index is 11.4. The number of nitrogens with two attached hydrogens (primary N) is 1. The number of hydrogen-bond acceptors (Lipinski definition) is 5. The number of rotatable bonds is 4. The highest BCUT2D eigenvalue weighted by atomic mass is 16.1. The highest BCUT2D eigenvalue weighted by molar-refractivity contribution is 6.11. The van der Waals surface area contributed by atoms with Crippen molar-refractivity contribution in [2.24, 2.45) is 5.73 Å². The molecule has 0 fully saturated rings. The van der Waals surface area contributed by atoms with Crippen LogP contribution in [-0.2, 0) is 0 Å². The summed E-state index contributed by atoms with van der Waals surface area (Å²) >= 11 is 0. The van der Waals surface area contributed by atoms with Crippen molar-refractivity contribution in [3.63, 3.8) is 0 Å². The van der Waals surface area contributed by atoms with Gasteiger partial charge in [0.05, 0.1) is 5.56 Å². The second-order valence-corrected chi connectivity index (χ2v) is 3.81. The summed E-state index contributed by atoms with van der Waals surface area (Å²) < 4.78 is 0. The van der Waals surface area contributed by atoms with Crippen LogP contribution in [0, 0.1) is 0 Å². The molecule has 0 radical (unpaired) electrons. The Hall–Kier alpha value is -2.37. The zero-order valence-electron chi connectivity index (χ0n) is 10.2. The Morgan fingerprint density at radius 3 is 1.67 bits per heavy atom. The highest BCUT2D eigenvalue weighted by Gasteiger charge is 2.21. The van der Waals surface area contributed by atoms with Crippen LogP contribution in [0.2, 0.25) is 0 Å². The minimum Gasteiger partial charge on any atom is -0.366 e. The summed E-state index contributed by atoms with van der Waals surface area (Å²) in [5, 5.41) is 0. The zero-order valence-corrected chi connectivity index (χ0v) is 10.2. The van der Waals surface area contributed by atoms with Gasteiger partial charge in [-0.2, -0.15) is 0 Å². The molecule has 1 aromatic heterocycles. The summed E-state index contributed by atoms with van der Waals surface area (Å²) in [4.78, 5) is 49.2. The van der Waals surface area contributed by atoms with Gasteiger partial charge in [-0.05, 0) is 13.0 Å². The molecular formula is C12H12N2O4. The molecule has 0 saturated heterocycles. The van der Waals surface area contributed by atoms with Crippen molar-refractivity contribution in [1.29, 1.82) is 0 Å². The van der Waals surface area contributed by atoms with Crippen molar-refractivity contribution in [2.75, 3.05) is 0 Å². The Morgan fingerprint density at radius 2 is 1.33 bits per heavy atom. The van der Waals surface area contributed by atoms with Crippen LogP contribution in [0.1, 0.15) is 62.5 Å². The summed E-state index contributed by atoms with van der Waals surface area (Å²) in [5.41, 5.74) is 4.63. The topological polar surface area (TPSA) is 107 Å². The van der Waals surface area contributed by atoms with E-state index in [2.05, 4.69) is 4.98 Å². The van der Waals surface area contributed by atoms with Crippen molar-refractivity contribution in [1.82, 2.24) is 4.98 Å². The van der Waals surface area contributed by atoms with Crippen molar-refractivity contribution in [3.8, 4) is 0 Å². The maximum Gasteiger partial charge on any atom is 0.251 e. The van der Waals surface area contributed by atoms with Crippen LogP contribution >= 0.6 is 0 Å². The third-order valence-corrected chi connectivity index (χ3v) is 2.33. The van der Waals surface area contributed by atoms with Gasteiger partial charge in [-0.25, -0.2) is 4.98 Å².